The van der Waals surface area contributed by atoms with Gasteiger partial charge in [-0.1, -0.05) is 23.9 Å². The normalized spacial score (nSPS) is 12.8. The number of carbonyl (C=O) groups excluding carboxylic acids is 1. The van der Waals surface area contributed by atoms with E-state index in [0.717, 1.165) is 0 Å². The predicted octanol–water partition coefficient (Wildman–Crippen LogP) is 3.14. The van der Waals surface area contributed by atoms with Crippen LogP contribution in [0.2, 0.25) is 0 Å². The van der Waals surface area contributed by atoms with Gasteiger partial charge in [-0.3, -0.25) is 4.79 Å². The lowest BCUT2D eigenvalue weighted by molar-refractivity contribution is 0.0940. The van der Waals surface area contributed by atoms with E-state index in [2.05, 4.69) is 5.32 Å². The number of carbonyl (C=O) groups is 1. The molecule has 134 valence electrons. The molecule has 1 unspecified atom stereocenters. The van der Waals surface area contributed by atoms with Crippen LogP contribution in [0.3, 0.4) is 0 Å². The molecule has 0 aliphatic rings. The minimum atomic E-state index is -3.83. The number of primary sulfonamides is 1. The third-order valence-electron chi connectivity index (χ3n) is 3.38. The van der Waals surface area contributed by atoms with Gasteiger partial charge in [0.1, 0.15) is 0 Å². The van der Waals surface area contributed by atoms with Crippen molar-refractivity contribution in [3.8, 4) is 0 Å². The third kappa shape index (κ3) is 5.52. The lowest BCUT2D eigenvalue weighted by Crippen LogP contribution is -2.26. The zero-order valence-electron chi connectivity index (χ0n) is 13.1. The molecule has 2 aromatic carbocycles. The Morgan fingerprint density at radius 1 is 1.16 bits per heavy atom. The zero-order chi connectivity index (χ0) is 18.6. The highest BCUT2D eigenvalue weighted by Crippen LogP contribution is 2.25. The van der Waals surface area contributed by atoms with Gasteiger partial charge >= 0.3 is 0 Å². The smallest absolute Gasteiger partial charge is 0.288 e. The Kier molecular flexibility index (Phi) is 6.15. The number of nitrogens with one attached hydrogen (secondary N) is 1. The van der Waals surface area contributed by atoms with E-state index in [0.29, 0.717) is 27.8 Å². The first-order chi connectivity index (χ1) is 11.7. The van der Waals surface area contributed by atoms with E-state index >= 15 is 0 Å². The molecule has 9 heteroatoms. The van der Waals surface area contributed by atoms with Crippen molar-refractivity contribution >= 4 is 27.7 Å². The first-order valence-electron chi connectivity index (χ1n) is 7.15. The van der Waals surface area contributed by atoms with E-state index in [9.17, 15) is 22.0 Å². The molecule has 0 aliphatic heterocycles. The Labute approximate surface area is 148 Å². The highest BCUT2D eigenvalue weighted by molar-refractivity contribution is 7.99. The number of rotatable bonds is 6. The molecule has 3 N–H and O–H groups in total. The quantitative estimate of drug-likeness (QED) is 0.747. The number of thioether (sulfide) groups is 1. The number of nitrogens with two attached hydrogens (primary N) is 1. The molecule has 2 aromatic rings. The predicted molar refractivity (Wildman–Crippen MR) is 92.0 cm³/mol. The van der Waals surface area contributed by atoms with E-state index in [1.54, 1.807) is 13.0 Å². The summed E-state index contributed by atoms with van der Waals surface area (Å²) in [5.74, 6) is -2.92. The summed E-state index contributed by atoms with van der Waals surface area (Å²) in [5.41, 5.74) is 0.887. The van der Waals surface area contributed by atoms with Gasteiger partial charge in [-0.15, -0.1) is 0 Å². The molecule has 0 saturated carbocycles. The molecule has 0 aliphatic carbocycles. The van der Waals surface area contributed by atoms with Gasteiger partial charge in [0.25, 0.3) is 11.7 Å². The molecule has 1 atom stereocenters. The van der Waals surface area contributed by atoms with Gasteiger partial charge in [0.15, 0.2) is 0 Å². The van der Waals surface area contributed by atoms with E-state index in [4.69, 9.17) is 5.14 Å². The summed E-state index contributed by atoms with van der Waals surface area (Å²) in [6.07, 6.45) is 0. The average Bonchev–Trinajstić information content (AvgIpc) is 2.54. The van der Waals surface area contributed by atoms with Gasteiger partial charge in [-0.25, -0.2) is 13.6 Å². The molecule has 1 amide bonds. The number of hydrogen-bond donors (Lipinski definition) is 2. The van der Waals surface area contributed by atoms with E-state index in [1.807, 2.05) is 0 Å². The van der Waals surface area contributed by atoms with Crippen molar-refractivity contribution in [1.82, 2.24) is 5.32 Å². The number of hydrogen-bond acceptors (Lipinski definition) is 4. The minimum absolute atomic E-state index is 0.0422. The summed E-state index contributed by atoms with van der Waals surface area (Å²) < 4.78 is 47.4. The first-order valence-corrected chi connectivity index (χ1v) is 9.58. The monoisotopic (exact) mass is 386 g/mol. The third-order valence-corrected chi connectivity index (χ3v) is 5.01. The van der Waals surface area contributed by atoms with Crippen molar-refractivity contribution in [2.24, 2.45) is 5.14 Å². The molecule has 0 saturated heterocycles. The van der Waals surface area contributed by atoms with Crippen LogP contribution in [0.1, 0.15) is 28.9 Å². The lowest BCUT2D eigenvalue weighted by atomic mass is 10.1. The van der Waals surface area contributed by atoms with Gasteiger partial charge in [0.2, 0.25) is 10.0 Å². The van der Waals surface area contributed by atoms with Crippen LogP contribution in [-0.4, -0.2) is 20.1 Å². The Morgan fingerprint density at radius 2 is 1.80 bits per heavy atom. The molecule has 0 spiro atoms. The summed E-state index contributed by atoms with van der Waals surface area (Å²) in [6.45, 7) is 1.70. The van der Waals surface area contributed by atoms with Crippen molar-refractivity contribution in [3.05, 3.63) is 59.7 Å². The maximum atomic E-state index is 12.3. The summed E-state index contributed by atoms with van der Waals surface area (Å²) in [7, 11) is -3.83. The van der Waals surface area contributed by atoms with Gasteiger partial charge < -0.3 is 5.32 Å². The maximum absolute atomic E-state index is 12.3. The number of amides is 1. The van der Waals surface area contributed by atoms with Crippen LogP contribution in [0.15, 0.2) is 58.3 Å². The van der Waals surface area contributed by atoms with Crippen LogP contribution < -0.4 is 10.5 Å². The Hall–Kier alpha value is -1.97. The Bertz CT molecular complexity index is 856. The summed E-state index contributed by atoms with van der Waals surface area (Å²) >= 11 is 0.400. The molecule has 25 heavy (non-hydrogen) atoms. The standard InChI is InChI=1S/C16H16F2N2O3S2/c1-10(12-3-2-4-14(9-12)25(19,22)23)20-15(21)11-5-7-13(8-6-11)24-16(17)18/h2-10,16H,1H3,(H,20,21)(H2,19,22,23). The average molecular weight is 386 g/mol. The molecule has 0 bridgehead atoms. The number of halogens is 2. The molecule has 2 rings (SSSR count). The Morgan fingerprint density at radius 3 is 2.36 bits per heavy atom. The number of alkyl halides is 2. The highest BCUT2D eigenvalue weighted by Gasteiger charge is 2.15. The van der Waals surface area contributed by atoms with Crippen molar-refractivity contribution < 1.29 is 22.0 Å². The van der Waals surface area contributed by atoms with Gasteiger partial charge in [-0.2, -0.15) is 8.78 Å². The molecular formula is C16H16F2N2O3S2. The topological polar surface area (TPSA) is 89.3 Å². The van der Waals surface area contributed by atoms with Crippen molar-refractivity contribution in [2.45, 2.75) is 28.5 Å². The second-order valence-electron chi connectivity index (χ2n) is 5.22. The fourth-order valence-corrected chi connectivity index (χ4v) is 3.18. The van der Waals surface area contributed by atoms with Crippen LogP contribution >= 0.6 is 11.8 Å². The fourth-order valence-electron chi connectivity index (χ4n) is 2.11. The van der Waals surface area contributed by atoms with Crippen molar-refractivity contribution in [3.63, 3.8) is 0 Å². The molecule has 0 aromatic heterocycles. The van der Waals surface area contributed by atoms with Gasteiger partial charge in [-0.05, 0) is 48.9 Å². The first kappa shape index (κ1) is 19.4. The summed E-state index contributed by atoms with van der Waals surface area (Å²) in [4.78, 5) is 12.6. The van der Waals surface area contributed by atoms with Crippen LogP contribution in [0, 0.1) is 0 Å². The SMILES string of the molecule is CC(NC(=O)c1ccc(SC(F)F)cc1)c1cccc(S(N)(=O)=O)c1. The molecular weight excluding hydrogens is 370 g/mol. The van der Waals surface area contributed by atoms with Gasteiger partial charge in [0.05, 0.1) is 10.9 Å². The van der Waals surface area contributed by atoms with E-state index < -0.39 is 27.7 Å². The Balaban J connectivity index is 2.10. The molecule has 0 radical (unpaired) electrons. The van der Waals surface area contributed by atoms with Crippen LogP contribution in [-0.2, 0) is 10.0 Å². The largest absolute Gasteiger partial charge is 0.346 e. The van der Waals surface area contributed by atoms with Crippen LogP contribution in [0.4, 0.5) is 8.78 Å². The van der Waals surface area contributed by atoms with Gasteiger partial charge in [0, 0.05) is 10.5 Å². The summed E-state index contributed by atoms with van der Waals surface area (Å²) in [5, 5.41) is 7.82. The van der Waals surface area contributed by atoms with Crippen LogP contribution in [0.5, 0.6) is 0 Å². The van der Waals surface area contributed by atoms with E-state index in [-0.39, 0.29) is 4.90 Å². The number of benzene rings is 2. The highest BCUT2D eigenvalue weighted by atomic mass is 32.2. The maximum Gasteiger partial charge on any atom is 0.288 e. The molecule has 0 fully saturated rings. The molecule has 0 heterocycles. The fraction of sp³-hybridized carbons (Fsp3) is 0.188. The van der Waals surface area contributed by atoms with Crippen molar-refractivity contribution in [1.29, 1.82) is 0 Å². The summed E-state index contributed by atoms with van der Waals surface area (Å²) in [6, 6.07) is 11.3. The zero-order valence-corrected chi connectivity index (χ0v) is 14.8. The second-order valence-corrected chi connectivity index (χ2v) is 7.84. The minimum Gasteiger partial charge on any atom is -0.346 e. The lowest BCUT2D eigenvalue weighted by Gasteiger charge is -2.15. The van der Waals surface area contributed by atoms with E-state index in [1.165, 1.54) is 42.5 Å². The van der Waals surface area contributed by atoms with Crippen LogP contribution in [0.25, 0.3) is 0 Å². The molecule has 5 nitrogen and oxygen atoms in total. The second kappa shape index (κ2) is 7.94. The number of sulfonamides is 1. The van der Waals surface area contributed by atoms with Crippen molar-refractivity contribution in [2.75, 3.05) is 0 Å².